The van der Waals surface area contributed by atoms with Crippen LogP contribution in [0.4, 0.5) is 5.69 Å². The van der Waals surface area contributed by atoms with Gasteiger partial charge in [0.25, 0.3) is 5.91 Å². The fourth-order valence-corrected chi connectivity index (χ4v) is 3.98. The van der Waals surface area contributed by atoms with Gasteiger partial charge < -0.3 is 19.8 Å². The number of carbonyl (C=O) groups is 1. The van der Waals surface area contributed by atoms with E-state index in [9.17, 15) is 4.79 Å². The van der Waals surface area contributed by atoms with Crippen LogP contribution in [0.1, 0.15) is 48.7 Å². The Bertz CT molecular complexity index is 1240. The van der Waals surface area contributed by atoms with Gasteiger partial charge in [-0.3, -0.25) is 4.79 Å². The van der Waals surface area contributed by atoms with Gasteiger partial charge in [-0.2, -0.15) is 5.10 Å². The number of fused-ring (bicyclic) bond motifs is 2. The summed E-state index contributed by atoms with van der Waals surface area (Å²) in [4.78, 5) is 22.3. The molecule has 31 heavy (non-hydrogen) atoms. The molecular formula is C22H25N7O2. The lowest BCUT2D eigenvalue weighted by molar-refractivity contribution is 0.102. The fraction of sp³-hybridized carbons (Fsp3) is 0.364. The van der Waals surface area contributed by atoms with Crippen molar-refractivity contribution in [1.29, 1.82) is 0 Å². The highest BCUT2D eigenvalue weighted by Gasteiger charge is 2.22. The topological polar surface area (TPSA) is 97.8 Å². The molecule has 9 heteroatoms. The molecule has 0 aromatic carbocycles. The van der Waals surface area contributed by atoms with E-state index in [0.29, 0.717) is 28.6 Å². The molecule has 0 radical (unpaired) electrons. The summed E-state index contributed by atoms with van der Waals surface area (Å²) in [6.45, 7) is 5.88. The lowest BCUT2D eigenvalue weighted by Crippen LogP contribution is -2.26. The van der Waals surface area contributed by atoms with Gasteiger partial charge in [-0.25, -0.2) is 14.5 Å². The average molecular weight is 419 g/mol. The molecule has 0 atom stereocenters. The van der Waals surface area contributed by atoms with Crippen LogP contribution in [0.25, 0.3) is 11.3 Å². The molecule has 0 aliphatic carbocycles. The molecule has 4 aromatic rings. The number of hydrogen-bond acceptors (Lipinski definition) is 6. The molecule has 0 bridgehead atoms. The Morgan fingerprint density at radius 2 is 2.13 bits per heavy atom. The first-order valence-corrected chi connectivity index (χ1v) is 10.6. The van der Waals surface area contributed by atoms with Crippen LogP contribution in [0.5, 0.6) is 5.75 Å². The van der Waals surface area contributed by atoms with E-state index < -0.39 is 0 Å². The SMILES string of the molecule is CC(C)Oc1cc2nc(C3CCNCC3)cn2cc1C(=O)Nc1cnn2cccnc12. The van der Waals surface area contributed by atoms with Crippen molar-refractivity contribution in [1.82, 2.24) is 29.3 Å². The normalized spacial score (nSPS) is 15.1. The number of piperidine rings is 1. The number of carbonyl (C=O) groups excluding carboxylic acids is 1. The zero-order valence-electron chi connectivity index (χ0n) is 17.6. The molecule has 5 heterocycles. The third-order valence-electron chi connectivity index (χ3n) is 5.47. The van der Waals surface area contributed by atoms with Crippen LogP contribution in [0.3, 0.4) is 0 Å². The maximum Gasteiger partial charge on any atom is 0.261 e. The Labute approximate surface area is 179 Å². The average Bonchev–Trinajstić information content (AvgIpc) is 3.37. The largest absolute Gasteiger partial charge is 0.490 e. The van der Waals surface area contributed by atoms with Crippen molar-refractivity contribution in [3.05, 3.63) is 54.4 Å². The summed E-state index contributed by atoms with van der Waals surface area (Å²) in [6.07, 6.45) is 10.9. The molecule has 160 valence electrons. The van der Waals surface area contributed by atoms with E-state index >= 15 is 0 Å². The van der Waals surface area contributed by atoms with E-state index in [1.54, 1.807) is 35.4 Å². The van der Waals surface area contributed by atoms with Crippen LogP contribution in [0.15, 0.2) is 43.1 Å². The molecule has 5 rings (SSSR count). The summed E-state index contributed by atoms with van der Waals surface area (Å²) in [5.41, 5.74) is 3.40. The van der Waals surface area contributed by atoms with E-state index in [0.717, 1.165) is 37.3 Å². The van der Waals surface area contributed by atoms with Crippen molar-refractivity contribution in [2.24, 2.45) is 0 Å². The van der Waals surface area contributed by atoms with Crippen LogP contribution in [0.2, 0.25) is 0 Å². The standard InChI is InChI=1S/C22H25N7O2/c1-14(2)31-19-10-20-26-18(15-4-7-23-8-5-15)13-28(20)12-16(19)22(30)27-17-11-25-29-9-3-6-24-21(17)29/h3,6,9-15,23H,4-5,7-8H2,1-2H3,(H,27,30). The van der Waals surface area contributed by atoms with Gasteiger partial charge in [0.2, 0.25) is 0 Å². The van der Waals surface area contributed by atoms with Gasteiger partial charge in [0.1, 0.15) is 17.1 Å². The number of imidazole rings is 1. The summed E-state index contributed by atoms with van der Waals surface area (Å²) >= 11 is 0. The van der Waals surface area contributed by atoms with E-state index in [2.05, 4.69) is 20.7 Å². The molecule has 1 aliphatic rings. The van der Waals surface area contributed by atoms with Crippen molar-refractivity contribution in [2.75, 3.05) is 18.4 Å². The van der Waals surface area contributed by atoms with Crippen molar-refractivity contribution >= 4 is 22.9 Å². The second-order valence-electron chi connectivity index (χ2n) is 8.07. The molecule has 2 N–H and O–H groups in total. The van der Waals surface area contributed by atoms with Crippen molar-refractivity contribution in [2.45, 2.75) is 38.7 Å². The summed E-state index contributed by atoms with van der Waals surface area (Å²) < 4.78 is 9.50. The zero-order valence-corrected chi connectivity index (χ0v) is 17.6. The highest BCUT2D eigenvalue weighted by atomic mass is 16.5. The van der Waals surface area contributed by atoms with Gasteiger partial charge in [-0.05, 0) is 45.8 Å². The van der Waals surface area contributed by atoms with Gasteiger partial charge in [0.15, 0.2) is 5.65 Å². The van der Waals surface area contributed by atoms with E-state index in [4.69, 9.17) is 9.72 Å². The summed E-state index contributed by atoms with van der Waals surface area (Å²) in [5.74, 6) is 0.653. The van der Waals surface area contributed by atoms with Crippen LogP contribution >= 0.6 is 0 Å². The zero-order chi connectivity index (χ0) is 21.4. The number of ether oxygens (including phenoxy) is 1. The lowest BCUT2D eigenvalue weighted by Gasteiger charge is -2.20. The molecule has 0 spiro atoms. The molecule has 4 aromatic heterocycles. The molecule has 1 aliphatic heterocycles. The molecule has 0 saturated carbocycles. The molecule has 1 fully saturated rings. The van der Waals surface area contributed by atoms with Crippen molar-refractivity contribution < 1.29 is 9.53 Å². The van der Waals surface area contributed by atoms with E-state index in [1.807, 2.05) is 30.5 Å². The highest BCUT2D eigenvalue weighted by Crippen LogP contribution is 2.28. The maximum atomic E-state index is 13.2. The number of hydrogen-bond donors (Lipinski definition) is 2. The summed E-state index contributed by atoms with van der Waals surface area (Å²) in [7, 11) is 0. The summed E-state index contributed by atoms with van der Waals surface area (Å²) in [6, 6.07) is 3.63. The number of rotatable bonds is 5. The molecular weight excluding hydrogens is 394 g/mol. The minimum absolute atomic E-state index is 0.0773. The van der Waals surface area contributed by atoms with Gasteiger partial charge >= 0.3 is 0 Å². The second kappa shape index (κ2) is 7.99. The minimum atomic E-state index is -0.282. The number of nitrogens with one attached hydrogen (secondary N) is 2. The van der Waals surface area contributed by atoms with Gasteiger partial charge in [-0.15, -0.1) is 0 Å². The van der Waals surface area contributed by atoms with E-state index in [1.165, 1.54) is 0 Å². The Balaban J connectivity index is 1.51. The number of pyridine rings is 1. The monoisotopic (exact) mass is 419 g/mol. The Kier molecular flexibility index (Phi) is 5.03. The van der Waals surface area contributed by atoms with Gasteiger partial charge in [0, 0.05) is 36.8 Å². The first kappa shape index (κ1) is 19.5. The predicted molar refractivity (Wildman–Crippen MR) is 117 cm³/mol. The first-order valence-electron chi connectivity index (χ1n) is 10.6. The molecule has 0 unspecified atom stereocenters. The number of aromatic nitrogens is 5. The van der Waals surface area contributed by atoms with Crippen LogP contribution in [-0.4, -0.2) is 49.1 Å². The van der Waals surface area contributed by atoms with Crippen molar-refractivity contribution in [3.63, 3.8) is 0 Å². The predicted octanol–water partition coefficient (Wildman–Crippen LogP) is 2.88. The van der Waals surface area contributed by atoms with Crippen molar-refractivity contribution in [3.8, 4) is 5.75 Å². The number of anilines is 1. The fourth-order valence-electron chi connectivity index (χ4n) is 3.98. The molecule has 9 nitrogen and oxygen atoms in total. The first-order chi connectivity index (χ1) is 15.1. The second-order valence-corrected chi connectivity index (χ2v) is 8.07. The Hall–Kier alpha value is -3.46. The number of nitrogens with zero attached hydrogens (tertiary/aromatic N) is 5. The minimum Gasteiger partial charge on any atom is -0.490 e. The quantitative estimate of drug-likeness (QED) is 0.516. The number of amides is 1. The van der Waals surface area contributed by atoms with Crippen LogP contribution in [-0.2, 0) is 0 Å². The maximum absolute atomic E-state index is 13.2. The van der Waals surface area contributed by atoms with Gasteiger partial charge in [-0.1, -0.05) is 0 Å². The molecule has 1 amide bonds. The van der Waals surface area contributed by atoms with Crippen LogP contribution in [0, 0.1) is 0 Å². The summed E-state index contributed by atoms with van der Waals surface area (Å²) in [5, 5.41) is 10.5. The molecule has 1 saturated heterocycles. The van der Waals surface area contributed by atoms with E-state index in [-0.39, 0.29) is 12.0 Å². The Morgan fingerprint density at radius 1 is 1.29 bits per heavy atom. The van der Waals surface area contributed by atoms with Gasteiger partial charge in [0.05, 0.1) is 23.6 Å². The third-order valence-corrected chi connectivity index (χ3v) is 5.47. The smallest absolute Gasteiger partial charge is 0.261 e. The van der Waals surface area contributed by atoms with Crippen LogP contribution < -0.4 is 15.4 Å². The third kappa shape index (κ3) is 3.84. The highest BCUT2D eigenvalue weighted by molar-refractivity contribution is 6.07. The lowest BCUT2D eigenvalue weighted by atomic mass is 9.95. The Morgan fingerprint density at radius 3 is 2.94 bits per heavy atom.